The number of aromatic carboxylic acids is 1. The smallest absolute Gasteiger partial charge is 0.335 e. The Morgan fingerprint density at radius 3 is 2.53 bits per heavy atom. The molecule has 0 spiro atoms. The number of aromatic nitrogens is 1. The topological polar surface area (TPSA) is 53.4 Å². The van der Waals surface area contributed by atoms with Gasteiger partial charge in [-0.2, -0.15) is 0 Å². The van der Waals surface area contributed by atoms with E-state index in [-0.39, 0.29) is 5.56 Å². The minimum absolute atomic E-state index is 0.261. The SMILES string of the molecule is CCN(c1ccccc1)c1cc(C(=O)O)cc(C)n1. The number of aryl methyl sites for hydroxylation is 1. The van der Waals surface area contributed by atoms with Gasteiger partial charge in [0, 0.05) is 17.9 Å². The fourth-order valence-corrected chi connectivity index (χ4v) is 2.00. The summed E-state index contributed by atoms with van der Waals surface area (Å²) < 4.78 is 0. The van der Waals surface area contributed by atoms with E-state index in [2.05, 4.69) is 4.98 Å². The molecule has 1 aromatic heterocycles. The van der Waals surface area contributed by atoms with Crippen LogP contribution in [0.25, 0.3) is 0 Å². The van der Waals surface area contributed by atoms with Gasteiger partial charge in [-0.05, 0) is 38.1 Å². The van der Waals surface area contributed by atoms with Crippen molar-refractivity contribution in [3.63, 3.8) is 0 Å². The van der Waals surface area contributed by atoms with E-state index in [1.165, 1.54) is 0 Å². The summed E-state index contributed by atoms with van der Waals surface area (Å²) >= 11 is 0. The van der Waals surface area contributed by atoms with Gasteiger partial charge in [-0.15, -0.1) is 0 Å². The molecule has 0 fully saturated rings. The van der Waals surface area contributed by atoms with Crippen molar-refractivity contribution in [3.8, 4) is 0 Å². The lowest BCUT2D eigenvalue weighted by atomic mass is 10.2. The molecule has 4 heteroatoms. The van der Waals surface area contributed by atoms with Crippen LogP contribution >= 0.6 is 0 Å². The molecule has 0 aliphatic rings. The molecule has 0 saturated heterocycles. The lowest BCUT2D eigenvalue weighted by Crippen LogP contribution is -2.18. The van der Waals surface area contributed by atoms with Crippen LogP contribution in [-0.4, -0.2) is 22.6 Å². The van der Waals surface area contributed by atoms with Crippen molar-refractivity contribution in [2.24, 2.45) is 0 Å². The number of carboxylic acids is 1. The summed E-state index contributed by atoms with van der Waals surface area (Å²) in [6, 6.07) is 13.0. The Hall–Kier alpha value is -2.36. The lowest BCUT2D eigenvalue weighted by molar-refractivity contribution is 0.0696. The molecule has 1 N–H and O–H groups in total. The third kappa shape index (κ3) is 2.91. The molecule has 19 heavy (non-hydrogen) atoms. The molecule has 0 unspecified atom stereocenters. The maximum Gasteiger partial charge on any atom is 0.335 e. The van der Waals surface area contributed by atoms with Gasteiger partial charge in [0.05, 0.1) is 5.56 Å². The van der Waals surface area contributed by atoms with Gasteiger partial charge in [0.15, 0.2) is 0 Å². The number of nitrogens with zero attached hydrogens (tertiary/aromatic N) is 2. The average Bonchev–Trinajstić information content (AvgIpc) is 2.40. The van der Waals surface area contributed by atoms with Crippen molar-refractivity contribution in [3.05, 3.63) is 53.7 Å². The fourth-order valence-electron chi connectivity index (χ4n) is 2.00. The van der Waals surface area contributed by atoms with Gasteiger partial charge < -0.3 is 10.0 Å². The standard InChI is InChI=1S/C15H16N2O2/c1-3-17(13-7-5-4-6-8-13)14-10-12(15(18)19)9-11(2)16-14/h4-10H,3H2,1-2H3,(H,18,19). The van der Waals surface area contributed by atoms with Crippen LogP contribution in [0.1, 0.15) is 23.0 Å². The van der Waals surface area contributed by atoms with Gasteiger partial charge in [-0.3, -0.25) is 0 Å². The molecule has 2 rings (SSSR count). The second-order valence-electron chi connectivity index (χ2n) is 4.24. The number of carbonyl (C=O) groups is 1. The summed E-state index contributed by atoms with van der Waals surface area (Å²) in [5.74, 6) is -0.276. The van der Waals surface area contributed by atoms with Gasteiger partial charge >= 0.3 is 5.97 Å². The third-order valence-corrected chi connectivity index (χ3v) is 2.85. The number of benzene rings is 1. The summed E-state index contributed by atoms with van der Waals surface area (Å²) in [6.45, 7) is 4.53. The number of para-hydroxylation sites is 1. The largest absolute Gasteiger partial charge is 0.478 e. The maximum atomic E-state index is 11.1. The quantitative estimate of drug-likeness (QED) is 0.912. The first-order valence-electron chi connectivity index (χ1n) is 6.16. The van der Waals surface area contributed by atoms with Crippen LogP contribution in [0.15, 0.2) is 42.5 Å². The van der Waals surface area contributed by atoms with E-state index in [1.54, 1.807) is 19.1 Å². The Bertz CT molecular complexity index is 582. The molecule has 4 nitrogen and oxygen atoms in total. The molecule has 0 amide bonds. The predicted octanol–water partition coefficient (Wildman–Crippen LogP) is 3.25. The summed E-state index contributed by atoms with van der Waals surface area (Å²) in [6.07, 6.45) is 0. The monoisotopic (exact) mass is 256 g/mol. The number of carboxylic acid groups (broad SMARTS) is 1. The van der Waals surface area contributed by atoms with E-state index in [1.807, 2.05) is 42.2 Å². The van der Waals surface area contributed by atoms with E-state index < -0.39 is 5.97 Å². The first kappa shape index (κ1) is 13.1. The Morgan fingerprint density at radius 2 is 1.95 bits per heavy atom. The van der Waals surface area contributed by atoms with Crippen molar-refractivity contribution in [2.45, 2.75) is 13.8 Å². The van der Waals surface area contributed by atoms with Gasteiger partial charge in [-0.1, -0.05) is 18.2 Å². The molecule has 1 aromatic carbocycles. The van der Waals surface area contributed by atoms with Crippen LogP contribution in [0.2, 0.25) is 0 Å². The Kier molecular flexibility index (Phi) is 3.80. The van der Waals surface area contributed by atoms with Crippen molar-refractivity contribution in [1.29, 1.82) is 0 Å². The normalized spacial score (nSPS) is 10.2. The Balaban J connectivity index is 2.47. The summed E-state index contributed by atoms with van der Waals surface area (Å²) in [7, 11) is 0. The van der Waals surface area contributed by atoms with Crippen molar-refractivity contribution in [2.75, 3.05) is 11.4 Å². The minimum Gasteiger partial charge on any atom is -0.478 e. The molecular formula is C15H16N2O2. The summed E-state index contributed by atoms with van der Waals surface area (Å²) in [5, 5.41) is 9.11. The first-order chi connectivity index (χ1) is 9.11. The second-order valence-corrected chi connectivity index (χ2v) is 4.24. The number of anilines is 2. The van der Waals surface area contributed by atoms with Crippen LogP contribution in [0.5, 0.6) is 0 Å². The third-order valence-electron chi connectivity index (χ3n) is 2.85. The first-order valence-corrected chi connectivity index (χ1v) is 6.16. The van der Waals surface area contributed by atoms with Crippen LogP contribution in [0.4, 0.5) is 11.5 Å². The van der Waals surface area contributed by atoms with E-state index in [0.29, 0.717) is 11.5 Å². The second kappa shape index (κ2) is 5.52. The highest BCUT2D eigenvalue weighted by Gasteiger charge is 2.12. The van der Waals surface area contributed by atoms with Gasteiger partial charge in [0.25, 0.3) is 0 Å². The summed E-state index contributed by atoms with van der Waals surface area (Å²) in [4.78, 5) is 17.5. The fraction of sp³-hybridized carbons (Fsp3) is 0.200. The van der Waals surface area contributed by atoms with Crippen molar-refractivity contribution >= 4 is 17.5 Å². The Morgan fingerprint density at radius 1 is 1.26 bits per heavy atom. The molecular weight excluding hydrogens is 240 g/mol. The number of pyridine rings is 1. The molecule has 0 saturated carbocycles. The van der Waals surface area contributed by atoms with Crippen molar-refractivity contribution < 1.29 is 9.90 Å². The molecule has 0 atom stereocenters. The number of hydrogen-bond acceptors (Lipinski definition) is 3. The highest BCUT2D eigenvalue weighted by molar-refractivity contribution is 5.89. The van der Waals surface area contributed by atoms with Gasteiger partial charge in [-0.25, -0.2) is 9.78 Å². The number of rotatable bonds is 4. The Labute approximate surface area is 112 Å². The molecule has 0 radical (unpaired) electrons. The van der Waals surface area contributed by atoms with E-state index >= 15 is 0 Å². The zero-order valence-electron chi connectivity index (χ0n) is 11.0. The van der Waals surface area contributed by atoms with E-state index in [9.17, 15) is 4.79 Å². The summed E-state index contributed by atoms with van der Waals surface area (Å²) in [5.41, 5.74) is 1.96. The van der Waals surface area contributed by atoms with E-state index in [0.717, 1.165) is 12.2 Å². The zero-order chi connectivity index (χ0) is 13.8. The van der Waals surface area contributed by atoms with Crippen LogP contribution in [0.3, 0.4) is 0 Å². The molecule has 2 aromatic rings. The van der Waals surface area contributed by atoms with Crippen molar-refractivity contribution in [1.82, 2.24) is 4.98 Å². The number of hydrogen-bond donors (Lipinski definition) is 1. The lowest BCUT2D eigenvalue weighted by Gasteiger charge is -2.22. The maximum absolute atomic E-state index is 11.1. The molecule has 1 heterocycles. The predicted molar refractivity (Wildman–Crippen MR) is 75.1 cm³/mol. The van der Waals surface area contributed by atoms with Crippen LogP contribution < -0.4 is 4.90 Å². The average molecular weight is 256 g/mol. The zero-order valence-corrected chi connectivity index (χ0v) is 11.0. The highest BCUT2D eigenvalue weighted by atomic mass is 16.4. The molecule has 98 valence electrons. The molecule has 0 aliphatic carbocycles. The van der Waals surface area contributed by atoms with Crippen LogP contribution in [-0.2, 0) is 0 Å². The van der Waals surface area contributed by atoms with E-state index in [4.69, 9.17) is 5.11 Å². The molecule has 0 aliphatic heterocycles. The van der Waals surface area contributed by atoms with Crippen LogP contribution in [0, 0.1) is 6.92 Å². The minimum atomic E-state index is -0.934. The highest BCUT2D eigenvalue weighted by Crippen LogP contribution is 2.24. The molecule has 0 bridgehead atoms. The van der Waals surface area contributed by atoms with Gasteiger partial charge in [0.2, 0.25) is 0 Å². The van der Waals surface area contributed by atoms with Gasteiger partial charge in [0.1, 0.15) is 5.82 Å².